The molecule has 0 spiro atoms. The van der Waals surface area contributed by atoms with Crippen molar-refractivity contribution in [3.8, 4) is 0 Å². The maximum Gasteiger partial charge on any atom is 0.326 e. The molecule has 0 fully saturated rings. The summed E-state index contributed by atoms with van der Waals surface area (Å²) in [6, 6.07) is 0.101. The van der Waals surface area contributed by atoms with E-state index in [1.54, 1.807) is 0 Å². The molecule has 0 unspecified atom stereocenters. The van der Waals surface area contributed by atoms with Crippen LogP contribution in [0.2, 0.25) is 0 Å². The second kappa shape index (κ2) is 6.50. The Morgan fingerprint density at radius 3 is 2.50 bits per heavy atom. The lowest BCUT2D eigenvalue weighted by atomic mass is 10.1. The number of carboxylic acid groups (broad SMARTS) is 1. The van der Waals surface area contributed by atoms with Crippen LogP contribution in [0.5, 0.6) is 0 Å². The first-order valence-corrected chi connectivity index (χ1v) is 5.82. The summed E-state index contributed by atoms with van der Waals surface area (Å²) in [4.78, 5) is 47.1. The van der Waals surface area contributed by atoms with Crippen molar-refractivity contribution in [1.82, 2.24) is 10.3 Å². The van der Waals surface area contributed by atoms with Gasteiger partial charge in [-0.2, -0.15) is 0 Å². The van der Waals surface area contributed by atoms with Gasteiger partial charge >= 0.3 is 5.97 Å². The molecule has 1 atom stereocenters. The maximum atomic E-state index is 11.8. The Labute approximate surface area is 114 Å². The minimum atomic E-state index is -1.27. The van der Waals surface area contributed by atoms with Crippen molar-refractivity contribution in [2.24, 2.45) is 5.73 Å². The highest BCUT2D eigenvalue weighted by Crippen LogP contribution is 2.06. The number of carbonyl (C=O) groups is 4. The van der Waals surface area contributed by atoms with Gasteiger partial charge in [-0.1, -0.05) is 0 Å². The second-order valence-electron chi connectivity index (χ2n) is 4.23. The van der Waals surface area contributed by atoms with Gasteiger partial charge < -0.3 is 21.1 Å². The third-order valence-corrected chi connectivity index (χ3v) is 2.62. The number of primary amides is 1. The van der Waals surface area contributed by atoms with Crippen LogP contribution in [-0.2, 0) is 9.59 Å². The lowest BCUT2D eigenvalue weighted by Gasteiger charge is -2.12. The number of aromatic nitrogens is 1. The summed E-state index contributed by atoms with van der Waals surface area (Å²) in [6.07, 6.45) is 1.10. The lowest BCUT2D eigenvalue weighted by molar-refractivity contribution is -0.139. The number of aliphatic carboxylic acids is 1. The molecule has 1 aromatic rings. The average molecular weight is 281 g/mol. The third-order valence-electron chi connectivity index (χ3n) is 2.62. The summed E-state index contributed by atoms with van der Waals surface area (Å²) in [6.45, 7) is 1.35. The zero-order valence-electron chi connectivity index (χ0n) is 10.8. The molecule has 20 heavy (non-hydrogen) atoms. The Morgan fingerprint density at radius 2 is 2.05 bits per heavy atom. The highest BCUT2D eigenvalue weighted by atomic mass is 16.4. The summed E-state index contributed by atoms with van der Waals surface area (Å²) in [7, 11) is 0. The number of carbonyl (C=O) groups excluding carboxylic acids is 3. The monoisotopic (exact) mass is 281 g/mol. The molecule has 2 amide bonds. The fraction of sp³-hybridized carbons (Fsp3) is 0.333. The molecule has 108 valence electrons. The number of hydrogen-bond acceptors (Lipinski definition) is 4. The van der Waals surface area contributed by atoms with Gasteiger partial charge in [-0.3, -0.25) is 14.4 Å². The standard InChI is InChI=1S/C12H15N3O5/c1-6(16)7-4-9(14-5-7)11(18)15-8(12(19)20)2-3-10(13)17/h4-5,8,14H,2-3H2,1H3,(H2,13,17)(H,15,18)(H,19,20)/t8-/m0/s1. The van der Waals surface area contributed by atoms with Crippen LogP contribution >= 0.6 is 0 Å². The van der Waals surface area contributed by atoms with Crippen molar-refractivity contribution in [1.29, 1.82) is 0 Å². The highest BCUT2D eigenvalue weighted by Gasteiger charge is 2.22. The number of amides is 2. The molecule has 8 heteroatoms. The topological polar surface area (TPSA) is 142 Å². The molecule has 5 N–H and O–H groups in total. The minimum Gasteiger partial charge on any atom is -0.480 e. The van der Waals surface area contributed by atoms with Crippen LogP contribution < -0.4 is 11.1 Å². The molecule has 0 aliphatic carbocycles. The van der Waals surface area contributed by atoms with E-state index in [1.165, 1.54) is 19.2 Å². The number of hydrogen-bond donors (Lipinski definition) is 4. The van der Waals surface area contributed by atoms with Crippen LogP contribution in [0.25, 0.3) is 0 Å². The van der Waals surface area contributed by atoms with E-state index in [-0.39, 0.29) is 24.3 Å². The van der Waals surface area contributed by atoms with E-state index in [9.17, 15) is 19.2 Å². The first kappa shape index (κ1) is 15.4. The number of nitrogens with one attached hydrogen (secondary N) is 2. The molecule has 8 nitrogen and oxygen atoms in total. The number of H-pyrrole nitrogens is 1. The zero-order chi connectivity index (χ0) is 15.3. The van der Waals surface area contributed by atoms with E-state index in [1.807, 2.05) is 0 Å². The number of carboxylic acids is 1. The van der Waals surface area contributed by atoms with Crippen LogP contribution in [0, 0.1) is 0 Å². The molecule has 0 saturated carbocycles. The van der Waals surface area contributed by atoms with E-state index in [0.29, 0.717) is 5.56 Å². The van der Waals surface area contributed by atoms with E-state index in [4.69, 9.17) is 10.8 Å². The Morgan fingerprint density at radius 1 is 1.40 bits per heavy atom. The van der Waals surface area contributed by atoms with Crippen LogP contribution in [0.15, 0.2) is 12.3 Å². The normalized spacial score (nSPS) is 11.7. The van der Waals surface area contributed by atoms with Gasteiger partial charge in [0.05, 0.1) is 0 Å². The Bertz CT molecular complexity index is 549. The summed E-state index contributed by atoms with van der Waals surface area (Å²) in [5, 5.41) is 11.2. The van der Waals surface area contributed by atoms with Crippen LogP contribution in [-0.4, -0.2) is 39.7 Å². The van der Waals surface area contributed by atoms with Gasteiger partial charge in [-0.25, -0.2) is 4.79 Å². The smallest absolute Gasteiger partial charge is 0.326 e. The maximum absolute atomic E-state index is 11.8. The van der Waals surface area contributed by atoms with Crippen molar-refractivity contribution < 1.29 is 24.3 Å². The first-order valence-electron chi connectivity index (χ1n) is 5.82. The summed E-state index contributed by atoms with van der Waals surface area (Å²) in [5.74, 6) is -2.81. The molecule has 0 aromatic carbocycles. The fourth-order valence-corrected chi connectivity index (χ4v) is 1.51. The zero-order valence-corrected chi connectivity index (χ0v) is 10.8. The van der Waals surface area contributed by atoms with Crippen molar-refractivity contribution in [2.45, 2.75) is 25.8 Å². The predicted molar refractivity (Wildman–Crippen MR) is 68.1 cm³/mol. The number of Topliss-reactive ketones (excluding diaryl/α,β-unsaturated/α-hetero) is 1. The molecule has 0 aliphatic rings. The molecule has 0 aliphatic heterocycles. The van der Waals surface area contributed by atoms with Gasteiger partial charge in [0.2, 0.25) is 5.91 Å². The SMILES string of the molecule is CC(=O)c1c[nH]c(C(=O)N[C@@H](CCC(N)=O)C(=O)O)c1. The van der Waals surface area contributed by atoms with Crippen LogP contribution in [0.3, 0.4) is 0 Å². The van der Waals surface area contributed by atoms with Gasteiger partial charge in [0.1, 0.15) is 11.7 Å². The molecule has 1 heterocycles. The Kier molecular flexibility index (Phi) is 5.01. The largest absolute Gasteiger partial charge is 0.480 e. The molecule has 0 bridgehead atoms. The molecule has 0 radical (unpaired) electrons. The van der Waals surface area contributed by atoms with Gasteiger partial charge in [-0.15, -0.1) is 0 Å². The Balaban J connectivity index is 2.72. The van der Waals surface area contributed by atoms with Crippen molar-refractivity contribution in [2.75, 3.05) is 0 Å². The predicted octanol–water partition coefficient (Wildman–Crippen LogP) is -0.334. The first-order chi connectivity index (χ1) is 9.31. The van der Waals surface area contributed by atoms with E-state index in [0.717, 1.165) is 0 Å². The van der Waals surface area contributed by atoms with E-state index >= 15 is 0 Å². The number of aromatic amines is 1. The number of rotatable bonds is 7. The lowest BCUT2D eigenvalue weighted by Crippen LogP contribution is -2.41. The van der Waals surface area contributed by atoms with Gasteiger partial charge in [0.15, 0.2) is 5.78 Å². The van der Waals surface area contributed by atoms with Crippen LogP contribution in [0.4, 0.5) is 0 Å². The molecule has 1 rings (SSSR count). The number of nitrogens with two attached hydrogens (primary N) is 1. The van der Waals surface area contributed by atoms with Crippen molar-refractivity contribution >= 4 is 23.6 Å². The van der Waals surface area contributed by atoms with Crippen molar-refractivity contribution in [3.63, 3.8) is 0 Å². The quantitative estimate of drug-likeness (QED) is 0.506. The summed E-state index contributed by atoms with van der Waals surface area (Å²) >= 11 is 0. The van der Waals surface area contributed by atoms with Gasteiger partial charge in [-0.05, 0) is 19.4 Å². The molecular weight excluding hydrogens is 266 g/mol. The molecular formula is C12H15N3O5. The van der Waals surface area contributed by atoms with Crippen LogP contribution in [0.1, 0.15) is 40.6 Å². The second-order valence-corrected chi connectivity index (χ2v) is 4.23. The average Bonchev–Trinajstić information content (AvgIpc) is 2.83. The van der Waals surface area contributed by atoms with E-state index < -0.39 is 23.8 Å². The highest BCUT2D eigenvalue weighted by molar-refractivity contribution is 6.00. The van der Waals surface area contributed by atoms with Gasteiger partial charge in [0, 0.05) is 18.2 Å². The van der Waals surface area contributed by atoms with Gasteiger partial charge in [0.25, 0.3) is 5.91 Å². The summed E-state index contributed by atoms with van der Waals surface area (Å²) in [5.41, 5.74) is 5.32. The number of ketones is 1. The fourth-order valence-electron chi connectivity index (χ4n) is 1.51. The summed E-state index contributed by atoms with van der Waals surface area (Å²) < 4.78 is 0. The minimum absolute atomic E-state index is 0.0699. The molecule has 1 aromatic heterocycles. The van der Waals surface area contributed by atoms with E-state index in [2.05, 4.69) is 10.3 Å². The molecule has 0 saturated heterocycles. The Hall–Kier alpha value is -2.64. The van der Waals surface area contributed by atoms with Crippen molar-refractivity contribution in [3.05, 3.63) is 23.5 Å². The third kappa shape index (κ3) is 4.23.